The minimum Gasteiger partial charge on any atom is -0.512 e. The van der Waals surface area contributed by atoms with Crippen LogP contribution in [0.25, 0.3) is 77.3 Å². The third kappa shape index (κ3) is 31.9. The van der Waals surface area contributed by atoms with Crippen molar-refractivity contribution in [2.45, 2.75) is 280 Å². The van der Waals surface area contributed by atoms with Crippen molar-refractivity contribution in [2.24, 2.45) is 40.9 Å². The molecule has 0 fully saturated rings. The average molecular weight is 2220 g/mol. The van der Waals surface area contributed by atoms with Gasteiger partial charge in [-0.15, -0.1) is 81.7 Å². The van der Waals surface area contributed by atoms with Crippen LogP contribution in [0.1, 0.15) is 279 Å². The van der Waals surface area contributed by atoms with Crippen molar-refractivity contribution < 1.29 is 108 Å². The summed E-state index contributed by atoms with van der Waals surface area (Å²) in [5.41, 5.74) is 13.7. The Morgan fingerprint density at radius 3 is 1.11 bits per heavy atom. The van der Waals surface area contributed by atoms with Gasteiger partial charge in [-0.25, -0.2) is 15.0 Å². The number of carbonyl (C=O) groups excluding carboxylic acids is 3. The third-order valence-corrected chi connectivity index (χ3v) is 22.9. The molecule has 0 spiro atoms. The number of fused-ring (bicyclic) bond motifs is 4. The molecule has 0 amide bonds. The van der Waals surface area contributed by atoms with Crippen LogP contribution < -0.4 is 0 Å². The largest absolute Gasteiger partial charge is 0.512 e. The molecule has 0 atom stereocenters. The van der Waals surface area contributed by atoms with E-state index in [0.29, 0.717) is 34.0 Å². The number of ketones is 3. The molecular formula is C104H135F4Ir3N6O6-3. The van der Waals surface area contributed by atoms with Crippen LogP contribution in [0, 0.1) is 92.6 Å². The van der Waals surface area contributed by atoms with E-state index in [2.05, 4.69) is 157 Å². The van der Waals surface area contributed by atoms with Gasteiger partial charge in [-0.05, 0) is 163 Å². The maximum atomic E-state index is 13.8. The zero-order valence-corrected chi connectivity index (χ0v) is 84.5. The Bertz CT molecular complexity index is 4950. The molecular weight excluding hydrogens is 2080 g/mol. The van der Waals surface area contributed by atoms with Crippen molar-refractivity contribution in [1.29, 1.82) is 0 Å². The first-order chi connectivity index (χ1) is 56.7. The van der Waals surface area contributed by atoms with Gasteiger partial charge >= 0.3 is 6.18 Å². The summed E-state index contributed by atoms with van der Waals surface area (Å²) < 4.78 is 53.3. The van der Waals surface area contributed by atoms with E-state index in [4.69, 9.17) is 0 Å². The van der Waals surface area contributed by atoms with E-state index in [1.807, 2.05) is 115 Å². The molecule has 0 saturated carbocycles. The second-order valence-electron chi connectivity index (χ2n) is 33.9. The average Bonchev–Trinajstić information content (AvgIpc) is 0.752. The van der Waals surface area contributed by atoms with Crippen molar-refractivity contribution in [3.8, 4) is 33.8 Å². The maximum Gasteiger partial charge on any atom is 0.394 e. The van der Waals surface area contributed by atoms with Crippen LogP contribution in [-0.4, -0.2) is 68.7 Å². The van der Waals surface area contributed by atoms with E-state index in [9.17, 15) is 47.3 Å². The number of alkyl halides is 3. The predicted molar refractivity (Wildman–Crippen MR) is 490 cm³/mol. The molecule has 7 aromatic carbocycles. The Labute approximate surface area is 773 Å². The van der Waals surface area contributed by atoms with Crippen LogP contribution in [-0.2, 0) is 86.5 Å². The Balaban J connectivity index is 0.000000507. The summed E-state index contributed by atoms with van der Waals surface area (Å²) in [6.07, 6.45) is 15.0. The Morgan fingerprint density at radius 1 is 0.415 bits per heavy atom. The van der Waals surface area contributed by atoms with Gasteiger partial charge in [0.25, 0.3) is 0 Å². The fourth-order valence-corrected chi connectivity index (χ4v) is 14.7. The van der Waals surface area contributed by atoms with E-state index in [-0.39, 0.29) is 148 Å². The first kappa shape index (κ1) is 111. The van der Waals surface area contributed by atoms with Crippen LogP contribution in [0.2, 0.25) is 0 Å². The minimum absolute atomic E-state index is 0. The molecule has 3 N–H and O–H groups in total. The van der Waals surface area contributed by atoms with Crippen molar-refractivity contribution in [3.05, 3.63) is 226 Å². The molecule has 0 aliphatic heterocycles. The van der Waals surface area contributed by atoms with Gasteiger partial charge in [0.15, 0.2) is 17.3 Å². The Morgan fingerprint density at radius 2 is 0.764 bits per heavy atom. The van der Waals surface area contributed by atoms with E-state index in [1.54, 1.807) is 50.8 Å². The number of halogens is 4. The van der Waals surface area contributed by atoms with E-state index in [1.165, 1.54) is 60.5 Å². The minimum atomic E-state index is -4.26. The summed E-state index contributed by atoms with van der Waals surface area (Å²) in [6, 6.07) is 44.5. The number of hydrogen-bond donors (Lipinski definition) is 3. The summed E-state index contributed by atoms with van der Waals surface area (Å²) in [4.78, 5) is 61.7. The molecule has 0 saturated heterocycles. The topological polar surface area (TPSA) is 189 Å². The standard InChI is InChI=1S/C25H25N2.C21H20F3N2.C19H18FN2.3C13H24O2.3Ir/c1-16(2)17-10-11-21-23(14-17)26-15-27-24(21)19-12-18-8-6-7-9-20(18)22(13-19)25(3,4)5;1-13-7-14(2)9-16(8-13)19-17-6-5-15(10-18(17)25-12-26-19)11-20(3,4)21(22,23)24;1-11(2)14-5-6-16-17(9-14)21-10-22-19(16)15-7-12(3)18(20)13(4)8-15;3*1-5-10(6-2)12(14)9-13(15)11(7-3)8-4;;;/h6-11,13-16H,1-5H3;5-8,10,12H,11H2,1-4H3;5-7,9-11H,1-4H3;3*9-11,14H,5-8H2,1-4H3;;;/q3*-1;;;;;;. The van der Waals surface area contributed by atoms with Crippen molar-refractivity contribution in [1.82, 2.24) is 29.9 Å². The van der Waals surface area contributed by atoms with Gasteiger partial charge in [-0.1, -0.05) is 250 Å². The second-order valence-corrected chi connectivity index (χ2v) is 33.9. The molecule has 10 rings (SSSR count). The molecule has 675 valence electrons. The number of nitrogens with zero attached hydrogens (tertiary/aromatic N) is 6. The van der Waals surface area contributed by atoms with Crippen LogP contribution in [0.5, 0.6) is 0 Å². The van der Waals surface area contributed by atoms with Gasteiger partial charge in [-0.2, -0.15) is 13.2 Å². The normalized spacial score (nSPS) is 12.0. The summed E-state index contributed by atoms with van der Waals surface area (Å²) >= 11 is 0. The van der Waals surface area contributed by atoms with Crippen molar-refractivity contribution in [3.63, 3.8) is 0 Å². The fourth-order valence-electron chi connectivity index (χ4n) is 14.7. The number of aryl methyl sites for hydroxylation is 4. The predicted octanol–water partition coefficient (Wildman–Crippen LogP) is 29.1. The number of allylic oxidation sites excluding steroid dienone is 6. The van der Waals surface area contributed by atoms with Gasteiger partial charge in [-0.3, -0.25) is 33.7 Å². The molecule has 19 heteroatoms. The van der Waals surface area contributed by atoms with Crippen LogP contribution in [0.4, 0.5) is 17.6 Å². The molecule has 12 nitrogen and oxygen atoms in total. The Kier molecular flexibility index (Phi) is 47.8. The summed E-state index contributed by atoms with van der Waals surface area (Å²) in [5.74, 6) is 2.37. The van der Waals surface area contributed by atoms with Gasteiger partial charge in [0.05, 0.1) is 39.2 Å². The van der Waals surface area contributed by atoms with Gasteiger partial charge < -0.3 is 15.3 Å². The number of aromatic nitrogens is 6. The zero-order chi connectivity index (χ0) is 89.7. The monoisotopic (exact) mass is 2220 g/mol. The zero-order valence-electron chi connectivity index (χ0n) is 77.4. The number of aliphatic hydroxyl groups is 3. The molecule has 3 heterocycles. The number of carbonyl (C=O) groups is 3. The van der Waals surface area contributed by atoms with Gasteiger partial charge in [0.2, 0.25) is 0 Å². The first-order valence-corrected chi connectivity index (χ1v) is 43.5. The number of aliphatic hydroxyl groups excluding tert-OH is 3. The van der Waals surface area contributed by atoms with Crippen LogP contribution >= 0.6 is 0 Å². The molecule has 0 unspecified atom stereocenters. The maximum absolute atomic E-state index is 13.8. The van der Waals surface area contributed by atoms with Gasteiger partial charge in [0.1, 0.15) is 19.0 Å². The molecule has 123 heavy (non-hydrogen) atoms. The van der Waals surface area contributed by atoms with E-state index < -0.39 is 11.6 Å². The fraction of sp³-hybridized carbons (Fsp3) is 0.471. The number of hydrogen-bond acceptors (Lipinski definition) is 12. The summed E-state index contributed by atoms with van der Waals surface area (Å²) in [7, 11) is 0. The molecule has 0 aliphatic carbocycles. The van der Waals surface area contributed by atoms with Crippen molar-refractivity contribution in [2.75, 3.05) is 0 Å². The third-order valence-electron chi connectivity index (χ3n) is 22.9. The van der Waals surface area contributed by atoms with E-state index >= 15 is 0 Å². The SMILES string of the molecule is CC(C)c1ccc2c(-c3[c-]c4ccccc4c(C(C)(C)C)c3)ncnc2c1.CCC(CC)C(=O)C=C(O)C(CC)CC.CCC(CC)C(=O)C=C(O)C(CC)CC.CCC(CC)C(=O)C=C(O)C(CC)CC.Cc1[c-]c(-c2ncnc3cc(C(C)C)ccc23)cc(C)c1F.Cc1[c-]c(-c2ncnc3cc(CC(C)(C)C(F)(F)F)ccc23)cc(C)c1.[Ir].[Ir].[Ir]. The second kappa shape index (κ2) is 52.9. The summed E-state index contributed by atoms with van der Waals surface area (Å²) in [6.45, 7) is 49.6. The molecule has 0 aliphatic rings. The first-order valence-electron chi connectivity index (χ1n) is 43.5. The van der Waals surface area contributed by atoms with Crippen LogP contribution in [0.3, 0.4) is 0 Å². The molecule has 3 aromatic heterocycles. The Hall–Kier alpha value is -7.88. The summed E-state index contributed by atoms with van der Waals surface area (Å²) in [5, 5.41) is 34.5. The molecule has 10 aromatic rings. The number of benzene rings is 7. The van der Waals surface area contributed by atoms with Gasteiger partial charge in [0, 0.05) is 126 Å². The quantitative estimate of drug-likeness (QED) is 0.0182. The van der Waals surface area contributed by atoms with Crippen molar-refractivity contribution >= 4 is 60.8 Å². The van der Waals surface area contributed by atoms with Crippen LogP contribution in [0.15, 0.2) is 158 Å². The molecule has 3 radical (unpaired) electrons. The smallest absolute Gasteiger partial charge is 0.394 e. The van der Waals surface area contributed by atoms with E-state index in [0.717, 1.165) is 155 Å². The molecule has 0 bridgehead atoms. The number of rotatable bonds is 28.